The molecule has 4 aromatic rings. The number of anilines is 1. The Bertz CT molecular complexity index is 1130. The summed E-state index contributed by atoms with van der Waals surface area (Å²) in [7, 11) is 0. The van der Waals surface area contributed by atoms with E-state index < -0.39 is 0 Å². The van der Waals surface area contributed by atoms with Crippen molar-refractivity contribution in [3.63, 3.8) is 0 Å². The van der Waals surface area contributed by atoms with Crippen LogP contribution < -0.4 is 4.90 Å². The van der Waals surface area contributed by atoms with E-state index in [-0.39, 0.29) is 11.7 Å². The van der Waals surface area contributed by atoms with Gasteiger partial charge in [-0.25, -0.2) is 0 Å². The predicted octanol–water partition coefficient (Wildman–Crippen LogP) is 4.90. The molecule has 0 aliphatic rings. The number of carbonyl (C=O) groups is 1. The van der Waals surface area contributed by atoms with Crippen molar-refractivity contribution in [1.29, 1.82) is 0 Å². The molecule has 2 heterocycles. The second kappa shape index (κ2) is 9.95. The lowest BCUT2D eigenvalue weighted by atomic mass is 10.2. The second-order valence-corrected chi connectivity index (χ2v) is 7.71. The molecule has 2 aromatic heterocycles. The highest BCUT2D eigenvalue weighted by atomic mass is 32.2. The van der Waals surface area contributed by atoms with Crippen molar-refractivity contribution in [1.82, 2.24) is 14.8 Å². The normalized spacial score (nSPS) is 10.7. The lowest BCUT2D eigenvalue weighted by molar-refractivity contribution is -0.116. The minimum absolute atomic E-state index is 0.0232. The smallest absolute Gasteiger partial charge is 0.237 e. The zero-order valence-electron chi connectivity index (χ0n) is 16.9. The highest BCUT2D eigenvalue weighted by Crippen LogP contribution is 2.26. The van der Waals surface area contributed by atoms with Crippen molar-refractivity contribution in [2.45, 2.75) is 11.7 Å². The van der Waals surface area contributed by atoms with Crippen molar-refractivity contribution in [3.05, 3.63) is 97.3 Å². The molecule has 0 atom stereocenters. The number of rotatable bonds is 9. The fourth-order valence-corrected chi connectivity index (χ4v) is 4.00. The fraction of sp³-hybridized carbons (Fsp3) is 0.125. The molecule has 0 bridgehead atoms. The summed E-state index contributed by atoms with van der Waals surface area (Å²) in [6, 6.07) is 23.3. The minimum Gasteiger partial charge on any atom is -0.461 e. The van der Waals surface area contributed by atoms with E-state index in [0.29, 0.717) is 29.8 Å². The molecule has 0 N–H and O–H groups in total. The lowest BCUT2D eigenvalue weighted by Crippen LogP contribution is -2.32. The van der Waals surface area contributed by atoms with Crippen LogP contribution in [0.3, 0.4) is 0 Å². The Balaban J connectivity index is 1.56. The molecule has 31 heavy (non-hydrogen) atoms. The van der Waals surface area contributed by atoms with E-state index in [0.717, 1.165) is 11.3 Å². The van der Waals surface area contributed by atoms with Crippen LogP contribution in [0.25, 0.3) is 11.6 Å². The first-order valence-electron chi connectivity index (χ1n) is 9.86. The third-order valence-corrected chi connectivity index (χ3v) is 5.60. The number of para-hydroxylation sites is 1. The molecule has 4 rings (SSSR count). The lowest BCUT2D eigenvalue weighted by Gasteiger charge is -2.21. The second-order valence-electron chi connectivity index (χ2n) is 6.77. The number of hydrogen-bond acceptors (Lipinski definition) is 5. The maximum Gasteiger partial charge on any atom is 0.237 e. The van der Waals surface area contributed by atoms with E-state index in [2.05, 4.69) is 16.8 Å². The van der Waals surface area contributed by atoms with Crippen LogP contribution in [0.1, 0.15) is 5.56 Å². The standard InChI is InChI=1S/C24H22N4O2S/c1-2-15-27(20-12-7-4-8-13-20)22(29)18-31-24-26-25-23(21-14-9-16-30-21)28(24)17-19-10-5-3-6-11-19/h2-14,16H,1,15,17-18H2. The Labute approximate surface area is 185 Å². The number of benzene rings is 2. The van der Waals surface area contributed by atoms with Gasteiger partial charge in [0.2, 0.25) is 11.7 Å². The van der Waals surface area contributed by atoms with E-state index in [1.165, 1.54) is 11.8 Å². The molecular formula is C24H22N4O2S. The quantitative estimate of drug-likeness (QED) is 0.279. The molecule has 7 heteroatoms. The highest BCUT2D eigenvalue weighted by Gasteiger charge is 2.20. The van der Waals surface area contributed by atoms with Crippen molar-refractivity contribution in [2.75, 3.05) is 17.2 Å². The van der Waals surface area contributed by atoms with Crippen LogP contribution in [-0.4, -0.2) is 33.0 Å². The molecule has 0 saturated heterocycles. The largest absolute Gasteiger partial charge is 0.461 e. The van der Waals surface area contributed by atoms with Crippen molar-refractivity contribution in [3.8, 4) is 11.6 Å². The van der Waals surface area contributed by atoms with E-state index >= 15 is 0 Å². The predicted molar refractivity (Wildman–Crippen MR) is 123 cm³/mol. The molecule has 0 aliphatic heterocycles. The Morgan fingerprint density at radius 3 is 2.45 bits per heavy atom. The van der Waals surface area contributed by atoms with Crippen LogP contribution in [0.5, 0.6) is 0 Å². The van der Waals surface area contributed by atoms with Crippen LogP contribution >= 0.6 is 11.8 Å². The number of amides is 1. The summed E-state index contributed by atoms with van der Waals surface area (Å²) < 4.78 is 7.52. The number of nitrogens with zero attached hydrogens (tertiary/aromatic N) is 4. The SMILES string of the molecule is C=CCN(C(=O)CSc1nnc(-c2ccco2)n1Cc1ccccc1)c1ccccc1. The van der Waals surface area contributed by atoms with Crippen molar-refractivity contribution < 1.29 is 9.21 Å². The number of furan rings is 1. The average Bonchev–Trinajstić information content (AvgIpc) is 3.47. The molecule has 0 radical (unpaired) electrons. The Morgan fingerprint density at radius 2 is 1.77 bits per heavy atom. The number of aromatic nitrogens is 3. The van der Waals surface area contributed by atoms with Gasteiger partial charge in [0.15, 0.2) is 10.9 Å². The van der Waals surface area contributed by atoms with Crippen molar-refractivity contribution >= 4 is 23.4 Å². The van der Waals surface area contributed by atoms with Crippen LogP contribution in [0.15, 0.2) is 101 Å². The van der Waals surface area contributed by atoms with Gasteiger partial charge < -0.3 is 9.32 Å². The molecule has 0 saturated carbocycles. The van der Waals surface area contributed by atoms with Gasteiger partial charge >= 0.3 is 0 Å². The summed E-state index contributed by atoms with van der Waals surface area (Å²) in [4.78, 5) is 14.7. The molecular weight excluding hydrogens is 408 g/mol. The summed E-state index contributed by atoms with van der Waals surface area (Å²) in [5, 5.41) is 9.33. The van der Waals surface area contributed by atoms with Crippen LogP contribution in [0, 0.1) is 0 Å². The van der Waals surface area contributed by atoms with E-state index in [1.807, 2.05) is 77.4 Å². The number of thioether (sulfide) groups is 1. The average molecular weight is 431 g/mol. The maximum atomic E-state index is 13.0. The molecule has 0 spiro atoms. The Kier molecular flexibility index (Phi) is 6.64. The van der Waals surface area contributed by atoms with Gasteiger partial charge in [-0.1, -0.05) is 66.4 Å². The van der Waals surface area contributed by atoms with Gasteiger partial charge in [0.1, 0.15) is 0 Å². The molecule has 156 valence electrons. The first-order valence-corrected chi connectivity index (χ1v) is 10.8. The van der Waals surface area contributed by atoms with Gasteiger partial charge in [-0.3, -0.25) is 9.36 Å². The molecule has 1 amide bonds. The van der Waals surface area contributed by atoms with Gasteiger partial charge in [0.25, 0.3) is 0 Å². The zero-order valence-corrected chi connectivity index (χ0v) is 17.7. The van der Waals surface area contributed by atoms with Gasteiger partial charge in [-0.2, -0.15) is 0 Å². The summed E-state index contributed by atoms with van der Waals surface area (Å²) in [6.07, 6.45) is 3.34. The van der Waals surface area contributed by atoms with Crippen LogP contribution in [0.2, 0.25) is 0 Å². The molecule has 0 fully saturated rings. The number of carbonyl (C=O) groups excluding carboxylic acids is 1. The maximum absolute atomic E-state index is 13.0. The Morgan fingerprint density at radius 1 is 1.03 bits per heavy atom. The fourth-order valence-electron chi connectivity index (χ4n) is 3.18. The molecule has 0 aliphatic carbocycles. The van der Waals surface area contributed by atoms with E-state index in [9.17, 15) is 4.79 Å². The summed E-state index contributed by atoms with van der Waals surface area (Å²) in [5.74, 6) is 1.48. The van der Waals surface area contributed by atoms with Gasteiger partial charge in [-0.05, 0) is 29.8 Å². The summed E-state index contributed by atoms with van der Waals surface area (Å²) in [5.41, 5.74) is 1.95. The third-order valence-electron chi connectivity index (χ3n) is 4.65. The van der Waals surface area contributed by atoms with Crippen molar-refractivity contribution in [2.24, 2.45) is 0 Å². The molecule has 0 unspecified atom stereocenters. The Hall–Kier alpha value is -3.58. The summed E-state index contributed by atoms with van der Waals surface area (Å²) >= 11 is 1.36. The van der Waals surface area contributed by atoms with Gasteiger partial charge in [-0.15, -0.1) is 16.8 Å². The highest BCUT2D eigenvalue weighted by molar-refractivity contribution is 7.99. The number of hydrogen-bond donors (Lipinski definition) is 0. The van der Waals surface area contributed by atoms with Gasteiger partial charge in [0, 0.05) is 12.2 Å². The van der Waals surface area contributed by atoms with E-state index in [1.54, 1.807) is 17.2 Å². The van der Waals surface area contributed by atoms with Gasteiger partial charge in [0.05, 0.1) is 18.6 Å². The van der Waals surface area contributed by atoms with Crippen LogP contribution in [-0.2, 0) is 11.3 Å². The first-order chi connectivity index (χ1) is 15.3. The monoisotopic (exact) mass is 430 g/mol. The van der Waals surface area contributed by atoms with E-state index in [4.69, 9.17) is 4.42 Å². The van der Waals surface area contributed by atoms with Crippen LogP contribution in [0.4, 0.5) is 5.69 Å². The molecule has 2 aromatic carbocycles. The molecule has 6 nitrogen and oxygen atoms in total. The topological polar surface area (TPSA) is 64.2 Å². The summed E-state index contributed by atoms with van der Waals surface area (Å²) in [6.45, 7) is 4.80. The third kappa shape index (κ3) is 4.95. The first kappa shape index (κ1) is 20.7. The minimum atomic E-state index is -0.0232. The zero-order chi connectivity index (χ0) is 21.5.